The SMILES string of the molecule is O=CC[C@@H](C[N+](=O)[O-])c1ccco1. The minimum atomic E-state index is -0.448. The van der Waals surface area contributed by atoms with E-state index in [0.29, 0.717) is 12.0 Å². The third-order valence-electron chi connectivity index (χ3n) is 1.70. The second-order valence-corrected chi connectivity index (χ2v) is 2.63. The van der Waals surface area contributed by atoms with Crippen molar-refractivity contribution in [1.82, 2.24) is 0 Å². The fourth-order valence-corrected chi connectivity index (χ4v) is 1.10. The van der Waals surface area contributed by atoms with Crippen LogP contribution in [0.15, 0.2) is 22.8 Å². The van der Waals surface area contributed by atoms with E-state index in [4.69, 9.17) is 4.42 Å². The number of carbonyl (C=O) groups excluding carboxylic acids is 1. The molecule has 0 spiro atoms. The topological polar surface area (TPSA) is 73.3 Å². The van der Waals surface area contributed by atoms with Crippen molar-refractivity contribution in [3.05, 3.63) is 34.3 Å². The summed E-state index contributed by atoms with van der Waals surface area (Å²) in [6.07, 6.45) is 2.22. The van der Waals surface area contributed by atoms with Gasteiger partial charge in [0.2, 0.25) is 6.54 Å². The molecule has 1 aromatic heterocycles. The van der Waals surface area contributed by atoms with E-state index in [1.807, 2.05) is 0 Å². The van der Waals surface area contributed by atoms with E-state index in [2.05, 4.69) is 0 Å². The lowest BCUT2D eigenvalue weighted by molar-refractivity contribution is -0.483. The summed E-state index contributed by atoms with van der Waals surface area (Å²) in [7, 11) is 0. The van der Waals surface area contributed by atoms with Crippen molar-refractivity contribution >= 4 is 6.29 Å². The normalized spacial score (nSPS) is 12.3. The number of carbonyl (C=O) groups is 1. The van der Waals surface area contributed by atoms with Crippen LogP contribution in [0.1, 0.15) is 18.1 Å². The number of aldehydes is 1. The second kappa shape index (κ2) is 4.39. The summed E-state index contributed by atoms with van der Waals surface area (Å²) in [4.78, 5) is 20.0. The maximum absolute atomic E-state index is 10.2. The van der Waals surface area contributed by atoms with Crippen LogP contribution in [0.5, 0.6) is 0 Å². The van der Waals surface area contributed by atoms with Gasteiger partial charge in [0.15, 0.2) is 0 Å². The van der Waals surface area contributed by atoms with E-state index in [0.717, 1.165) is 0 Å². The van der Waals surface area contributed by atoms with Crippen LogP contribution in [0.3, 0.4) is 0 Å². The summed E-state index contributed by atoms with van der Waals surface area (Å²) in [5.41, 5.74) is 0. The Bertz CT molecular complexity index is 280. The molecular formula is C8H9NO4. The maximum Gasteiger partial charge on any atom is 0.214 e. The molecule has 0 unspecified atom stereocenters. The van der Waals surface area contributed by atoms with Gasteiger partial charge in [0.1, 0.15) is 12.0 Å². The summed E-state index contributed by atoms with van der Waals surface area (Å²) in [6, 6.07) is 3.28. The molecule has 0 aliphatic heterocycles. The molecule has 0 bridgehead atoms. The Hall–Kier alpha value is -1.65. The number of hydrogen-bond donors (Lipinski definition) is 0. The fraction of sp³-hybridized carbons (Fsp3) is 0.375. The molecule has 0 aliphatic rings. The van der Waals surface area contributed by atoms with Crippen molar-refractivity contribution in [2.75, 3.05) is 6.54 Å². The molecule has 0 aliphatic carbocycles. The van der Waals surface area contributed by atoms with E-state index >= 15 is 0 Å². The van der Waals surface area contributed by atoms with Crippen molar-refractivity contribution in [2.45, 2.75) is 12.3 Å². The van der Waals surface area contributed by atoms with Crippen LogP contribution in [0.25, 0.3) is 0 Å². The van der Waals surface area contributed by atoms with E-state index in [9.17, 15) is 14.9 Å². The molecule has 0 fully saturated rings. The van der Waals surface area contributed by atoms with E-state index in [1.54, 1.807) is 12.1 Å². The first-order valence-electron chi connectivity index (χ1n) is 3.83. The van der Waals surface area contributed by atoms with Gasteiger partial charge >= 0.3 is 0 Å². The van der Waals surface area contributed by atoms with Crippen LogP contribution >= 0.6 is 0 Å². The van der Waals surface area contributed by atoms with Crippen molar-refractivity contribution in [3.8, 4) is 0 Å². The molecule has 0 saturated heterocycles. The zero-order valence-corrected chi connectivity index (χ0v) is 6.88. The molecule has 0 radical (unpaired) electrons. The van der Waals surface area contributed by atoms with Gasteiger partial charge in [0.05, 0.1) is 12.2 Å². The van der Waals surface area contributed by atoms with E-state index < -0.39 is 10.8 Å². The summed E-state index contributed by atoms with van der Waals surface area (Å²) in [5, 5.41) is 10.2. The number of hydrogen-bond acceptors (Lipinski definition) is 4. The first kappa shape index (κ1) is 9.44. The molecule has 13 heavy (non-hydrogen) atoms. The third kappa shape index (κ3) is 2.70. The van der Waals surface area contributed by atoms with Crippen LogP contribution < -0.4 is 0 Å². The Balaban J connectivity index is 2.67. The largest absolute Gasteiger partial charge is 0.469 e. The van der Waals surface area contributed by atoms with Crippen LogP contribution in [0, 0.1) is 10.1 Å². The van der Waals surface area contributed by atoms with Gasteiger partial charge in [-0.2, -0.15) is 0 Å². The Morgan fingerprint density at radius 3 is 2.92 bits per heavy atom. The van der Waals surface area contributed by atoms with Crippen LogP contribution in [0.4, 0.5) is 0 Å². The molecule has 1 aromatic rings. The minimum Gasteiger partial charge on any atom is -0.469 e. The lowest BCUT2D eigenvalue weighted by Crippen LogP contribution is -2.12. The highest BCUT2D eigenvalue weighted by atomic mass is 16.6. The Kier molecular flexibility index (Phi) is 3.19. The molecule has 1 rings (SSSR count). The first-order valence-corrected chi connectivity index (χ1v) is 3.83. The molecular weight excluding hydrogens is 174 g/mol. The summed E-state index contributed by atoms with van der Waals surface area (Å²) < 4.78 is 4.99. The van der Waals surface area contributed by atoms with Crippen molar-refractivity contribution < 1.29 is 14.1 Å². The van der Waals surface area contributed by atoms with Gasteiger partial charge in [0.25, 0.3) is 0 Å². The highest BCUT2D eigenvalue weighted by molar-refractivity contribution is 5.51. The molecule has 0 N–H and O–H groups in total. The Morgan fingerprint density at radius 2 is 2.46 bits per heavy atom. The Morgan fingerprint density at radius 1 is 1.69 bits per heavy atom. The average molecular weight is 183 g/mol. The van der Waals surface area contributed by atoms with E-state index in [-0.39, 0.29) is 13.0 Å². The smallest absolute Gasteiger partial charge is 0.214 e. The van der Waals surface area contributed by atoms with Gasteiger partial charge < -0.3 is 9.21 Å². The van der Waals surface area contributed by atoms with Gasteiger partial charge in [0, 0.05) is 11.3 Å². The molecule has 70 valence electrons. The monoisotopic (exact) mass is 183 g/mol. The van der Waals surface area contributed by atoms with Gasteiger partial charge in [-0.1, -0.05) is 0 Å². The van der Waals surface area contributed by atoms with Crippen LogP contribution in [-0.4, -0.2) is 17.8 Å². The zero-order valence-electron chi connectivity index (χ0n) is 6.88. The summed E-state index contributed by atoms with van der Waals surface area (Å²) in [5.74, 6) is 0.0475. The molecule has 0 amide bonds. The number of nitrogens with zero attached hydrogens (tertiary/aromatic N) is 1. The molecule has 0 aromatic carbocycles. The lowest BCUT2D eigenvalue weighted by Gasteiger charge is -2.04. The highest BCUT2D eigenvalue weighted by Crippen LogP contribution is 2.18. The van der Waals surface area contributed by atoms with Gasteiger partial charge in [-0.05, 0) is 12.1 Å². The molecule has 0 saturated carbocycles. The lowest BCUT2D eigenvalue weighted by atomic mass is 10.0. The van der Waals surface area contributed by atoms with Crippen LogP contribution in [-0.2, 0) is 4.79 Å². The van der Waals surface area contributed by atoms with Gasteiger partial charge in [-0.3, -0.25) is 10.1 Å². The standard InChI is InChI=1S/C8H9NO4/c10-4-3-7(6-9(11)12)8-2-1-5-13-8/h1-2,4-5,7H,3,6H2/t7-/m0/s1. The highest BCUT2D eigenvalue weighted by Gasteiger charge is 2.19. The van der Waals surface area contributed by atoms with Crippen LogP contribution in [0.2, 0.25) is 0 Å². The first-order chi connectivity index (χ1) is 6.24. The van der Waals surface area contributed by atoms with E-state index in [1.165, 1.54) is 6.26 Å². The molecule has 1 heterocycles. The number of rotatable bonds is 5. The summed E-state index contributed by atoms with van der Waals surface area (Å²) >= 11 is 0. The summed E-state index contributed by atoms with van der Waals surface area (Å²) in [6.45, 7) is -0.272. The average Bonchev–Trinajstić information content (AvgIpc) is 2.54. The fourth-order valence-electron chi connectivity index (χ4n) is 1.10. The molecule has 5 nitrogen and oxygen atoms in total. The maximum atomic E-state index is 10.2. The zero-order chi connectivity index (χ0) is 9.68. The second-order valence-electron chi connectivity index (χ2n) is 2.63. The predicted molar refractivity (Wildman–Crippen MR) is 44.0 cm³/mol. The number of furan rings is 1. The number of nitro groups is 1. The van der Waals surface area contributed by atoms with Crippen molar-refractivity contribution in [1.29, 1.82) is 0 Å². The van der Waals surface area contributed by atoms with Gasteiger partial charge in [-0.15, -0.1) is 0 Å². The quantitative estimate of drug-likeness (QED) is 0.391. The predicted octanol–water partition coefficient (Wildman–Crippen LogP) is 1.23. The van der Waals surface area contributed by atoms with Gasteiger partial charge in [-0.25, -0.2) is 0 Å². The Labute approximate surface area is 74.5 Å². The molecule has 5 heteroatoms. The third-order valence-corrected chi connectivity index (χ3v) is 1.70. The van der Waals surface area contributed by atoms with Crippen molar-refractivity contribution in [3.63, 3.8) is 0 Å². The van der Waals surface area contributed by atoms with Crippen molar-refractivity contribution in [2.24, 2.45) is 0 Å². The minimum absolute atomic E-state index is 0.120. The molecule has 1 atom stereocenters.